The second kappa shape index (κ2) is 16.4. The van der Waals surface area contributed by atoms with Gasteiger partial charge >= 0.3 is 0 Å². The molecule has 3 aromatic rings. The molecule has 3 N–H and O–H groups in total. The van der Waals surface area contributed by atoms with E-state index in [0.29, 0.717) is 44.0 Å². The summed E-state index contributed by atoms with van der Waals surface area (Å²) in [6.45, 7) is 7.74. The molecule has 0 saturated carbocycles. The fraction of sp³-hybridized carbons (Fsp3) is 0.545. The number of amides is 1. The van der Waals surface area contributed by atoms with Crippen LogP contribution in [-0.4, -0.2) is 93.6 Å². The smallest absolute Gasteiger partial charge is 0.246 e. The van der Waals surface area contributed by atoms with E-state index in [1.807, 2.05) is 55.5 Å². The first kappa shape index (κ1) is 33.2. The van der Waals surface area contributed by atoms with Gasteiger partial charge in [-0.25, -0.2) is 9.50 Å². The van der Waals surface area contributed by atoms with Crippen LogP contribution in [0, 0.1) is 0 Å². The van der Waals surface area contributed by atoms with Crippen molar-refractivity contribution in [2.24, 2.45) is 5.73 Å². The minimum atomic E-state index is -0.313. The number of fused-ring (bicyclic) bond motifs is 1. The maximum absolute atomic E-state index is 12.8. The zero-order valence-corrected chi connectivity index (χ0v) is 26.6. The van der Waals surface area contributed by atoms with Gasteiger partial charge < -0.3 is 25.6 Å². The van der Waals surface area contributed by atoms with E-state index in [9.17, 15) is 9.59 Å². The average Bonchev–Trinajstić information content (AvgIpc) is 3.45. The molecule has 0 aliphatic carbocycles. The number of carbonyl (C=O) groups is 2. The third-order valence-corrected chi connectivity index (χ3v) is 7.97. The van der Waals surface area contributed by atoms with Crippen LogP contribution in [0.3, 0.4) is 0 Å². The maximum Gasteiger partial charge on any atom is 0.246 e. The Hall–Kier alpha value is -3.67. The summed E-state index contributed by atoms with van der Waals surface area (Å²) in [5, 5.41) is 7.66. The van der Waals surface area contributed by atoms with Crippen LogP contribution in [0.2, 0.25) is 0 Å². The number of hydrogen-bond acceptors (Lipinski definition) is 9. The number of rotatable bonds is 10. The SMILES string of the molecule is CC(C)c1cnn2cnc(NC3CCOCC3)nc12.CN(C)C/C=C/C(=O)N1CCCCC1C(=O)Cc1cccc(CN)c1. The number of anilines is 1. The summed E-state index contributed by atoms with van der Waals surface area (Å²) >= 11 is 0. The number of likely N-dealkylation sites (tertiary alicyclic amines) is 1. The van der Waals surface area contributed by atoms with E-state index in [1.54, 1.807) is 21.8 Å². The summed E-state index contributed by atoms with van der Waals surface area (Å²) in [6.07, 6.45) is 12.1. The van der Waals surface area contributed by atoms with Crippen LogP contribution in [0.25, 0.3) is 5.65 Å². The van der Waals surface area contributed by atoms with Crippen LogP contribution in [0.4, 0.5) is 5.95 Å². The van der Waals surface area contributed by atoms with Crippen LogP contribution >= 0.6 is 0 Å². The molecule has 2 aliphatic rings. The van der Waals surface area contributed by atoms with Crippen LogP contribution in [0.15, 0.2) is 48.9 Å². The predicted octanol–water partition coefficient (Wildman–Crippen LogP) is 3.59. The number of carbonyl (C=O) groups excluding carboxylic acids is 2. The van der Waals surface area contributed by atoms with E-state index in [-0.39, 0.29) is 17.7 Å². The topological polar surface area (TPSA) is 131 Å². The lowest BCUT2D eigenvalue weighted by Crippen LogP contribution is -2.48. The standard InChI is InChI=1S/C20H29N3O2.C13H19N5O/c1-22(2)11-6-10-20(25)23-12-4-3-9-18(23)19(24)14-16-7-5-8-17(13-16)15-21;1-9(2)11-7-15-18-8-14-13(17-12(11)18)16-10-3-5-19-6-4-10/h5-8,10,13,18H,3-4,9,11-12,14-15,21H2,1-2H3;7-10H,3-6H2,1-2H3,(H,16,17)/b10-6+;. The Morgan fingerprint density at radius 2 is 1.93 bits per heavy atom. The lowest BCUT2D eigenvalue weighted by atomic mass is 9.94. The molecule has 1 unspecified atom stereocenters. The Bertz CT molecular complexity index is 1400. The fourth-order valence-electron chi connectivity index (χ4n) is 5.48. The van der Waals surface area contributed by atoms with Crippen molar-refractivity contribution in [3.63, 3.8) is 0 Å². The molecule has 2 saturated heterocycles. The molecule has 2 fully saturated rings. The highest BCUT2D eigenvalue weighted by molar-refractivity contribution is 5.94. The van der Waals surface area contributed by atoms with Crippen molar-refractivity contribution >= 4 is 23.3 Å². The Balaban J connectivity index is 0.000000208. The third-order valence-electron chi connectivity index (χ3n) is 7.97. The molecule has 0 radical (unpaired) electrons. The van der Waals surface area contributed by atoms with Gasteiger partial charge in [0, 0.05) is 57.0 Å². The van der Waals surface area contributed by atoms with Gasteiger partial charge in [-0.05, 0) is 63.2 Å². The molecule has 238 valence electrons. The Morgan fingerprint density at radius 3 is 2.66 bits per heavy atom. The molecular formula is C33H48N8O3. The van der Waals surface area contributed by atoms with Crippen LogP contribution in [0.1, 0.15) is 68.6 Å². The first-order valence-electron chi connectivity index (χ1n) is 15.7. The van der Waals surface area contributed by atoms with Gasteiger partial charge in [-0.3, -0.25) is 9.59 Å². The highest BCUT2D eigenvalue weighted by Gasteiger charge is 2.30. The number of ketones is 1. The molecule has 1 aromatic carbocycles. The number of nitrogens with two attached hydrogens (primary N) is 1. The molecule has 1 amide bonds. The molecule has 4 heterocycles. The third kappa shape index (κ3) is 9.41. The first-order chi connectivity index (χ1) is 21.2. The van der Waals surface area contributed by atoms with Gasteiger partial charge in [0.05, 0.1) is 12.2 Å². The van der Waals surface area contributed by atoms with Crippen molar-refractivity contribution < 1.29 is 14.3 Å². The minimum absolute atomic E-state index is 0.0596. The van der Waals surface area contributed by atoms with Crippen LogP contribution in [-0.2, 0) is 27.3 Å². The van der Waals surface area contributed by atoms with Crippen molar-refractivity contribution in [3.05, 3.63) is 65.6 Å². The van der Waals surface area contributed by atoms with E-state index in [2.05, 4.69) is 34.2 Å². The lowest BCUT2D eigenvalue weighted by Gasteiger charge is -2.34. The summed E-state index contributed by atoms with van der Waals surface area (Å²) in [5.74, 6) is 1.14. The summed E-state index contributed by atoms with van der Waals surface area (Å²) < 4.78 is 7.08. The number of piperidine rings is 1. The highest BCUT2D eigenvalue weighted by atomic mass is 16.5. The number of likely N-dealkylation sites (N-methyl/N-ethyl adjacent to an activating group) is 1. The van der Waals surface area contributed by atoms with Gasteiger partial charge in [0.2, 0.25) is 11.9 Å². The quantitative estimate of drug-likeness (QED) is 0.333. The lowest BCUT2D eigenvalue weighted by molar-refractivity contribution is -0.137. The van der Waals surface area contributed by atoms with Crippen molar-refractivity contribution in [2.45, 2.75) is 76.9 Å². The van der Waals surface area contributed by atoms with Gasteiger partial charge in [0.25, 0.3) is 0 Å². The van der Waals surface area contributed by atoms with Crippen molar-refractivity contribution in [3.8, 4) is 0 Å². The summed E-state index contributed by atoms with van der Waals surface area (Å²) in [4.78, 5) is 37.9. The molecule has 44 heavy (non-hydrogen) atoms. The van der Waals surface area contributed by atoms with E-state index >= 15 is 0 Å². The van der Waals surface area contributed by atoms with E-state index < -0.39 is 0 Å². The molecule has 0 spiro atoms. The van der Waals surface area contributed by atoms with Gasteiger partial charge in [-0.1, -0.05) is 44.2 Å². The normalized spacial score (nSPS) is 17.7. The minimum Gasteiger partial charge on any atom is -0.381 e. The molecule has 5 rings (SSSR count). The molecule has 11 nitrogen and oxygen atoms in total. The summed E-state index contributed by atoms with van der Waals surface area (Å²) in [6, 6.07) is 7.90. The molecule has 2 aliphatic heterocycles. The first-order valence-corrected chi connectivity index (χ1v) is 15.7. The number of nitrogens with zero attached hydrogens (tertiary/aromatic N) is 6. The van der Waals surface area contributed by atoms with Crippen molar-refractivity contribution in [1.29, 1.82) is 0 Å². The molecule has 0 bridgehead atoms. The second-order valence-corrected chi connectivity index (χ2v) is 12.1. The number of hydrogen-bond donors (Lipinski definition) is 2. The number of benzene rings is 1. The largest absolute Gasteiger partial charge is 0.381 e. The van der Waals surface area contributed by atoms with Crippen LogP contribution < -0.4 is 11.1 Å². The van der Waals surface area contributed by atoms with Gasteiger partial charge in [0.1, 0.15) is 6.33 Å². The average molecular weight is 605 g/mol. The highest BCUT2D eigenvalue weighted by Crippen LogP contribution is 2.21. The molecule has 1 atom stereocenters. The van der Waals surface area contributed by atoms with Crippen LogP contribution in [0.5, 0.6) is 0 Å². The predicted molar refractivity (Wildman–Crippen MR) is 172 cm³/mol. The van der Waals surface area contributed by atoms with Crippen molar-refractivity contribution in [1.82, 2.24) is 29.4 Å². The zero-order valence-electron chi connectivity index (χ0n) is 26.6. The Labute approximate surface area is 260 Å². The van der Waals surface area contributed by atoms with E-state index in [0.717, 1.165) is 67.7 Å². The molecule has 2 aromatic heterocycles. The van der Waals surface area contributed by atoms with Gasteiger partial charge in [0.15, 0.2) is 11.4 Å². The fourth-order valence-corrected chi connectivity index (χ4v) is 5.48. The number of ether oxygens (including phenoxy) is 1. The number of aromatic nitrogens is 4. The Morgan fingerprint density at radius 1 is 1.16 bits per heavy atom. The summed E-state index contributed by atoms with van der Waals surface area (Å²) in [5.41, 5.74) is 9.70. The maximum atomic E-state index is 12.8. The van der Waals surface area contributed by atoms with E-state index in [1.165, 1.54) is 0 Å². The monoisotopic (exact) mass is 604 g/mol. The van der Waals surface area contributed by atoms with Crippen molar-refractivity contribution in [2.75, 3.05) is 45.7 Å². The molecule has 11 heteroatoms. The van der Waals surface area contributed by atoms with Gasteiger partial charge in [-0.15, -0.1) is 0 Å². The van der Waals surface area contributed by atoms with Gasteiger partial charge in [-0.2, -0.15) is 10.1 Å². The number of Topliss-reactive ketones (excluding diaryl/α,β-unsaturated/α-hetero) is 1. The Kier molecular flexibility index (Phi) is 12.4. The summed E-state index contributed by atoms with van der Waals surface area (Å²) in [7, 11) is 3.91. The molecular weight excluding hydrogens is 556 g/mol. The number of nitrogens with one attached hydrogen (secondary N) is 1. The van der Waals surface area contributed by atoms with E-state index in [4.69, 9.17) is 10.5 Å². The second-order valence-electron chi connectivity index (χ2n) is 12.1. The zero-order chi connectivity index (χ0) is 31.5.